The summed E-state index contributed by atoms with van der Waals surface area (Å²) in [5, 5.41) is 9.86. The highest BCUT2D eigenvalue weighted by Gasteiger charge is 2.19. The van der Waals surface area contributed by atoms with Gasteiger partial charge in [0.05, 0.1) is 22.1 Å². The predicted octanol–water partition coefficient (Wildman–Crippen LogP) is 9.58. The number of fused-ring (bicyclic) bond motifs is 9. The second kappa shape index (κ2) is 8.05. The Bertz CT molecular complexity index is 2420. The Morgan fingerprint density at radius 1 is 0.400 bits per heavy atom. The molecule has 0 saturated carbocycles. The Hall–Kier alpha value is -5.41. The van der Waals surface area contributed by atoms with Gasteiger partial charge in [0.2, 0.25) is 0 Å². The van der Waals surface area contributed by atoms with Gasteiger partial charge in [0.25, 0.3) is 0 Å². The van der Waals surface area contributed by atoms with E-state index in [9.17, 15) is 0 Å². The zero-order valence-corrected chi connectivity index (χ0v) is 21.6. The maximum atomic E-state index is 4.92. The van der Waals surface area contributed by atoms with Gasteiger partial charge < -0.3 is 4.57 Å². The standard InChI is InChI=1S/C37H23N3/c1-2-11-26(12-3-1)39-32-16-8-6-14-28(32)31-22-25-18-19-34-36(30(25)23-35(31)39)29-15-7-9-17-33(29)40(34)37-27-13-5-4-10-24(27)20-21-38-37/h1-23H. The molecule has 0 aliphatic heterocycles. The second-order valence-corrected chi connectivity index (χ2v) is 10.4. The van der Waals surface area contributed by atoms with Gasteiger partial charge in [-0.15, -0.1) is 0 Å². The molecular weight excluding hydrogens is 486 g/mol. The number of para-hydroxylation sites is 3. The van der Waals surface area contributed by atoms with E-state index in [4.69, 9.17) is 4.98 Å². The molecule has 3 heteroatoms. The van der Waals surface area contributed by atoms with E-state index in [0.29, 0.717) is 0 Å². The van der Waals surface area contributed by atoms with E-state index in [0.717, 1.165) is 16.7 Å². The fourth-order valence-corrected chi connectivity index (χ4v) is 6.62. The second-order valence-electron chi connectivity index (χ2n) is 10.4. The number of hydrogen-bond acceptors (Lipinski definition) is 1. The van der Waals surface area contributed by atoms with Crippen molar-refractivity contribution >= 4 is 65.2 Å². The molecular formula is C37H23N3. The van der Waals surface area contributed by atoms with Crippen LogP contribution < -0.4 is 0 Å². The van der Waals surface area contributed by atoms with E-state index in [1.807, 2.05) is 6.20 Å². The molecule has 0 spiro atoms. The van der Waals surface area contributed by atoms with Gasteiger partial charge in [-0.2, -0.15) is 0 Å². The number of rotatable bonds is 2. The Balaban J connectivity index is 1.47. The van der Waals surface area contributed by atoms with Crippen LogP contribution in [-0.2, 0) is 0 Å². The molecule has 0 atom stereocenters. The van der Waals surface area contributed by atoms with Crippen LogP contribution in [0.25, 0.3) is 76.7 Å². The summed E-state index contributed by atoms with van der Waals surface area (Å²) in [4.78, 5) is 4.92. The van der Waals surface area contributed by atoms with Crippen molar-refractivity contribution < 1.29 is 0 Å². The number of pyridine rings is 1. The lowest BCUT2D eigenvalue weighted by atomic mass is 10.0. The first-order valence-electron chi connectivity index (χ1n) is 13.7. The maximum Gasteiger partial charge on any atom is 0.145 e. The van der Waals surface area contributed by atoms with E-state index in [-0.39, 0.29) is 0 Å². The van der Waals surface area contributed by atoms with Crippen molar-refractivity contribution in [1.29, 1.82) is 0 Å². The van der Waals surface area contributed by atoms with Gasteiger partial charge in [0.15, 0.2) is 0 Å². The highest BCUT2D eigenvalue weighted by Crippen LogP contribution is 2.41. The number of hydrogen-bond donors (Lipinski definition) is 0. The van der Waals surface area contributed by atoms with Gasteiger partial charge in [0.1, 0.15) is 5.82 Å². The first kappa shape index (κ1) is 21.5. The van der Waals surface area contributed by atoms with E-state index in [1.54, 1.807) is 0 Å². The minimum absolute atomic E-state index is 0.961. The lowest BCUT2D eigenvalue weighted by molar-refractivity contribution is 1.10. The van der Waals surface area contributed by atoms with Crippen molar-refractivity contribution in [3.8, 4) is 11.5 Å². The fraction of sp³-hybridized carbons (Fsp3) is 0. The Morgan fingerprint density at radius 3 is 1.95 bits per heavy atom. The molecule has 40 heavy (non-hydrogen) atoms. The van der Waals surface area contributed by atoms with Crippen LogP contribution in [0.5, 0.6) is 0 Å². The van der Waals surface area contributed by atoms with Crippen LogP contribution in [0.4, 0.5) is 0 Å². The molecule has 3 nitrogen and oxygen atoms in total. The van der Waals surface area contributed by atoms with Crippen LogP contribution in [0.15, 0.2) is 140 Å². The van der Waals surface area contributed by atoms with Gasteiger partial charge in [-0.05, 0) is 64.7 Å². The molecule has 3 aromatic heterocycles. The topological polar surface area (TPSA) is 22.8 Å². The zero-order valence-electron chi connectivity index (χ0n) is 21.6. The predicted molar refractivity (Wildman–Crippen MR) is 168 cm³/mol. The summed E-state index contributed by atoms with van der Waals surface area (Å²) < 4.78 is 4.73. The van der Waals surface area contributed by atoms with Gasteiger partial charge in [-0.25, -0.2) is 4.98 Å². The minimum atomic E-state index is 0.961. The van der Waals surface area contributed by atoms with Crippen LogP contribution >= 0.6 is 0 Å². The molecule has 0 aliphatic carbocycles. The third-order valence-electron chi connectivity index (χ3n) is 8.32. The van der Waals surface area contributed by atoms with Crippen LogP contribution in [0.1, 0.15) is 0 Å². The summed E-state index contributed by atoms with van der Waals surface area (Å²) in [5.74, 6) is 0.961. The van der Waals surface area contributed by atoms with Crippen LogP contribution in [-0.4, -0.2) is 14.1 Å². The lowest BCUT2D eigenvalue weighted by Gasteiger charge is -2.11. The Morgan fingerprint density at radius 2 is 1.10 bits per heavy atom. The summed E-state index contributed by atoms with van der Waals surface area (Å²) in [6.07, 6.45) is 1.92. The highest BCUT2D eigenvalue weighted by molar-refractivity contribution is 6.25. The van der Waals surface area contributed by atoms with Crippen LogP contribution in [0.2, 0.25) is 0 Å². The van der Waals surface area contributed by atoms with Gasteiger partial charge >= 0.3 is 0 Å². The molecule has 9 rings (SSSR count). The first-order chi connectivity index (χ1) is 19.9. The molecule has 0 unspecified atom stereocenters. The average molecular weight is 510 g/mol. The minimum Gasteiger partial charge on any atom is -0.309 e. The summed E-state index contributed by atoms with van der Waals surface area (Å²) in [6, 6.07) is 48.0. The Kier molecular flexibility index (Phi) is 4.33. The molecule has 0 saturated heterocycles. The van der Waals surface area contributed by atoms with Crippen molar-refractivity contribution in [1.82, 2.24) is 14.1 Å². The third kappa shape index (κ3) is 2.86. The SMILES string of the molecule is c1ccc(-n2c3ccccc3c3cc4ccc5c(c4cc32)c2ccccc2n5-c2nccc3ccccc23)cc1. The lowest BCUT2D eigenvalue weighted by Crippen LogP contribution is -1.98. The van der Waals surface area contributed by atoms with Crippen LogP contribution in [0, 0.1) is 0 Å². The molecule has 0 aliphatic rings. The molecule has 3 heterocycles. The summed E-state index contributed by atoms with van der Waals surface area (Å²) in [6.45, 7) is 0. The number of nitrogens with zero attached hydrogens (tertiary/aromatic N) is 3. The third-order valence-corrected chi connectivity index (χ3v) is 8.32. The van der Waals surface area contributed by atoms with E-state index in [1.165, 1.54) is 59.9 Å². The van der Waals surface area contributed by atoms with Crippen molar-refractivity contribution in [2.45, 2.75) is 0 Å². The summed E-state index contributed by atoms with van der Waals surface area (Å²) >= 11 is 0. The molecule has 9 aromatic rings. The molecule has 0 bridgehead atoms. The largest absolute Gasteiger partial charge is 0.309 e. The maximum absolute atomic E-state index is 4.92. The van der Waals surface area contributed by atoms with E-state index < -0.39 is 0 Å². The fourth-order valence-electron chi connectivity index (χ4n) is 6.62. The molecule has 186 valence electrons. The van der Waals surface area contributed by atoms with Gasteiger partial charge in [0, 0.05) is 38.8 Å². The number of aromatic nitrogens is 3. The molecule has 0 radical (unpaired) electrons. The van der Waals surface area contributed by atoms with Crippen molar-refractivity contribution in [3.63, 3.8) is 0 Å². The summed E-state index contributed by atoms with van der Waals surface area (Å²) in [5.41, 5.74) is 5.93. The van der Waals surface area contributed by atoms with E-state index >= 15 is 0 Å². The smallest absolute Gasteiger partial charge is 0.145 e. The highest BCUT2D eigenvalue weighted by atomic mass is 15.1. The zero-order chi connectivity index (χ0) is 26.2. The molecule has 6 aromatic carbocycles. The van der Waals surface area contributed by atoms with Crippen molar-refractivity contribution in [3.05, 3.63) is 140 Å². The Labute approximate surface area is 230 Å². The van der Waals surface area contributed by atoms with E-state index in [2.05, 4.69) is 143 Å². The summed E-state index contributed by atoms with van der Waals surface area (Å²) in [7, 11) is 0. The average Bonchev–Trinajstić information content (AvgIpc) is 3.53. The first-order valence-corrected chi connectivity index (χ1v) is 13.7. The quantitative estimate of drug-likeness (QED) is 0.227. The van der Waals surface area contributed by atoms with Gasteiger partial charge in [-0.1, -0.05) is 84.9 Å². The molecule has 0 fully saturated rings. The normalized spacial score (nSPS) is 12.0. The van der Waals surface area contributed by atoms with Gasteiger partial charge in [-0.3, -0.25) is 4.57 Å². The number of benzene rings is 6. The molecule has 0 N–H and O–H groups in total. The van der Waals surface area contributed by atoms with Crippen LogP contribution in [0.3, 0.4) is 0 Å². The van der Waals surface area contributed by atoms with Crippen molar-refractivity contribution in [2.24, 2.45) is 0 Å². The van der Waals surface area contributed by atoms with Crippen molar-refractivity contribution in [2.75, 3.05) is 0 Å². The molecule has 0 amide bonds. The monoisotopic (exact) mass is 509 g/mol.